The van der Waals surface area contributed by atoms with Crippen LogP contribution in [0.25, 0.3) is 0 Å². The van der Waals surface area contributed by atoms with Gasteiger partial charge in [0.25, 0.3) is 0 Å². The molecule has 0 saturated carbocycles. The Kier molecular flexibility index (Phi) is 3.17. The van der Waals surface area contributed by atoms with Gasteiger partial charge in [-0.1, -0.05) is 19.1 Å². The first-order valence-corrected chi connectivity index (χ1v) is 4.70. The maximum atomic E-state index is 11.4. The standard InChI is InChI=1S/C9H11NOS/c1-3-7(2)4-8(11)9-5-10-6-12-9/h5-6H,2-4H2,1H3. The van der Waals surface area contributed by atoms with Crippen molar-refractivity contribution in [1.29, 1.82) is 0 Å². The first-order chi connectivity index (χ1) is 5.74. The van der Waals surface area contributed by atoms with Gasteiger partial charge in [-0.2, -0.15) is 0 Å². The highest BCUT2D eigenvalue weighted by Crippen LogP contribution is 2.13. The predicted octanol–water partition coefficient (Wildman–Crippen LogP) is 2.68. The van der Waals surface area contributed by atoms with Crippen LogP contribution in [-0.2, 0) is 0 Å². The van der Waals surface area contributed by atoms with Gasteiger partial charge >= 0.3 is 0 Å². The highest BCUT2D eigenvalue weighted by atomic mass is 32.1. The van der Waals surface area contributed by atoms with Crippen LogP contribution in [0, 0.1) is 0 Å². The third kappa shape index (κ3) is 2.27. The second-order valence-corrected chi connectivity index (χ2v) is 3.46. The number of hydrogen-bond donors (Lipinski definition) is 0. The van der Waals surface area contributed by atoms with Crippen molar-refractivity contribution in [3.8, 4) is 0 Å². The topological polar surface area (TPSA) is 30.0 Å². The Balaban J connectivity index is 2.56. The van der Waals surface area contributed by atoms with Crippen LogP contribution in [0.1, 0.15) is 29.4 Å². The molecule has 0 bridgehead atoms. The maximum Gasteiger partial charge on any atom is 0.178 e. The molecule has 1 heterocycles. The lowest BCUT2D eigenvalue weighted by Gasteiger charge is -1.97. The van der Waals surface area contributed by atoms with Crippen LogP contribution in [0.3, 0.4) is 0 Å². The van der Waals surface area contributed by atoms with Crippen molar-refractivity contribution < 1.29 is 4.79 Å². The van der Waals surface area contributed by atoms with Crippen molar-refractivity contribution in [2.24, 2.45) is 0 Å². The number of carbonyl (C=O) groups is 1. The molecular weight excluding hydrogens is 170 g/mol. The molecule has 64 valence electrons. The average Bonchev–Trinajstić information content (AvgIpc) is 2.56. The minimum Gasteiger partial charge on any atom is -0.293 e. The molecule has 0 aliphatic heterocycles. The molecule has 1 aromatic heterocycles. The van der Waals surface area contributed by atoms with Crippen LogP contribution < -0.4 is 0 Å². The molecule has 0 saturated heterocycles. The molecule has 0 fully saturated rings. The number of allylic oxidation sites excluding steroid dienone is 1. The van der Waals surface area contributed by atoms with E-state index in [-0.39, 0.29) is 5.78 Å². The molecule has 12 heavy (non-hydrogen) atoms. The molecule has 0 N–H and O–H groups in total. The number of aromatic nitrogens is 1. The molecule has 0 amide bonds. The molecule has 2 nitrogen and oxygen atoms in total. The number of ketones is 1. The van der Waals surface area contributed by atoms with E-state index in [1.54, 1.807) is 11.7 Å². The Labute approximate surface area is 76.0 Å². The molecule has 0 unspecified atom stereocenters. The van der Waals surface area contributed by atoms with Gasteiger partial charge in [-0.05, 0) is 6.42 Å². The van der Waals surface area contributed by atoms with Gasteiger partial charge in [0.1, 0.15) is 0 Å². The first kappa shape index (κ1) is 9.13. The van der Waals surface area contributed by atoms with Gasteiger partial charge in [-0.15, -0.1) is 11.3 Å². The molecule has 0 radical (unpaired) electrons. The largest absolute Gasteiger partial charge is 0.293 e. The Hall–Kier alpha value is -0.960. The molecule has 1 rings (SSSR count). The second kappa shape index (κ2) is 4.16. The van der Waals surface area contributed by atoms with Crippen molar-refractivity contribution in [2.75, 3.05) is 0 Å². The number of carbonyl (C=O) groups excluding carboxylic acids is 1. The normalized spacial score (nSPS) is 9.75. The van der Waals surface area contributed by atoms with E-state index in [1.807, 2.05) is 6.92 Å². The van der Waals surface area contributed by atoms with Crippen LogP contribution >= 0.6 is 11.3 Å². The van der Waals surface area contributed by atoms with Gasteiger partial charge in [0, 0.05) is 12.6 Å². The van der Waals surface area contributed by atoms with Crippen molar-refractivity contribution in [2.45, 2.75) is 19.8 Å². The SMILES string of the molecule is C=C(CC)CC(=O)c1cncs1. The summed E-state index contributed by atoms with van der Waals surface area (Å²) in [6.45, 7) is 5.79. The van der Waals surface area contributed by atoms with Crippen LogP contribution in [0.5, 0.6) is 0 Å². The Morgan fingerprint density at radius 2 is 2.50 bits per heavy atom. The van der Waals surface area contributed by atoms with E-state index in [1.165, 1.54) is 11.3 Å². The lowest BCUT2D eigenvalue weighted by atomic mass is 10.1. The minimum atomic E-state index is 0.129. The monoisotopic (exact) mass is 181 g/mol. The maximum absolute atomic E-state index is 11.4. The van der Waals surface area contributed by atoms with Gasteiger partial charge in [0.05, 0.1) is 10.4 Å². The molecule has 1 aromatic rings. The highest BCUT2D eigenvalue weighted by molar-refractivity contribution is 7.11. The smallest absolute Gasteiger partial charge is 0.178 e. The Morgan fingerprint density at radius 3 is 3.00 bits per heavy atom. The quantitative estimate of drug-likeness (QED) is 0.528. The zero-order valence-electron chi connectivity index (χ0n) is 7.04. The third-order valence-electron chi connectivity index (χ3n) is 1.62. The third-order valence-corrected chi connectivity index (χ3v) is 2.43. The van der Waals surface area contributed by atoms with Crippen LogP contribution in [0.15, 0.2) is 23.9 Å². The summed E-state index contributed by atoms with van der Waals surface area (Å²) in [7, 11) is 0. The van der Waals surface area contributed by atoms with Crippen molar-refractivity contribution >= 4 is 17.1 Å². The number of nitrogens with zero attached hydrogens (tertiary/aromatic N) is 1. The Bertz CT molecular complexity index is 277. The summed E-state index contributed by atoms with van der Waals surface area (Å²) in [5.41, 5.74) is 2.65. The van der Waals surface area contributed by atoms with Crippen LogP contribution in [0.4, 0.5) is 0 Å². The van der Waals surface area contributed by atoms with E-state index < -0.39 is 0 Å². The zero-order chi connectivity index (χ0) is 8.97. The number of rotatable bonds is 4. The van der Waals surface area contributed by atoms with Gasteiger partial charge in [-0.3, -0.25) is 9.78 Å². The molecule has 3 heteroatoms. The average molecular weight is 181 g/mol. The second-order valence-electron chi connectivity index (χ2n) is 2.57. The fourth-order valence-corrected chi connectivity index (χ4v) is 1.35. The summed E-state index contributed by atoms with van der Waals surface area (Å²) in [4.78, 5) is 16.0. The van der Waals surface area contributed by atoms with Crippen molar-refractivity contribution in [1.82, 2.24) is 4.98 Å². The van der Waals surface area contributed by atoms with E-state index in [0.29, 0.717) is 6.42 Å². The van der Waals surface area contributed by atoms with Crippen molar-refractivity contribution in [3.63, 3.8) is 0 Å². The number of thiazole rings is 1. The van der Waals surface area contributed by atoms with Crippen LogP contribution in [-0.4, -0.2) is 10.8 Å². The highest BCUT2D eigenvalue weighted by Gasteiger charge is 2.07. The zero-order valence-corrected chi connectivity index (χ0v) is 7.86. The number of hydrogen-bond acceptors (Lipinski definition) is 3. The summed E-state index contributed by atoms with van der Waals surface area (Å²) < 4.78 is 0. The summed E-state index contributed by atoms with van der Waals surface area (Å²) in [5.74, 6) is 0.129. The summed E-state index contributed by atoms with van der Waals surface area (Å²) in [5, 5.41) is 0. The first-order valence-electron chi connectivity index (χ1n) is 3.82. The molecule has 0 atom stereocenters. The van der Waals surface area contributed by atoms with E-state index >= 15 is 0 Å². The summed E-state index contributed by atoms with van der Waals surface area (Å²) in [6, 6.07) is 0. The summed E-state index contributed by atoms with van der Waals surface area (Å²) >= 11 is 1.38. The minimum absolute atomic E-state index is 0.129. The lowest BCUT2D eigenvalue weighted by molar-refractivity contribution is 0.0996. The molecule has 0 spiro atoms. The fourth-order valence-electron chi connectivity index (χ4n) is 0.793. The van der Waals surface area contributed by atoms with E-state index in [9.17, 15) is 4.79 Å². The van der Waals surface area contributed by atoms with E-state index in [0.717, 1.165) is 16.9 Å². The lowest BCUT2D eigenvalue weighted by Crippen LogP contribution is -1.96. The fraction of sp³-hybridized carbons (Fsp3) is 0.333. The molecule has 0 aliphatic carbocycles. The Morgan fingerprint density at radius 1 is 1.75 bits per heavy atom. The van der Waals surface area contributed by atoms with Crippen molar-refractivity contribution in [3.05, 3.63) is 28.7 Å². The molecule has 0 aliphatic rings. The van der Waals surface area contributed by atoms with Gasteiger partial charge in [-0.25, -0.2) is 0 Å². The summed E-state index contributed by atoms with van der Waals surface area (Å²) in [6.07, 6.45) is 2.93. The van der Waals surface area contributed by atoms with Crippen LogP contribution in [0.2, 0.25) is 0 Å². The van der Waals surface area contributed by atoms with E-state index in [4.69, 9.17) is 0 Å². The molecular formula is C9H11NOS. The number of Topliss-reactive ketones (excluding diaryl/α,β-unsaturated/α-hetero) is 1. The van der Waals surface area contributed by atoms with Gasteiger partial charge in [0.2, 0.25) is 0 Å². The van der Waals surface area contributed by atoms with Gasteiger partial charge < -0.3 is 0 Å². The van der Waals surface area contributed by atoms with Gasteiger partial charge in [0.15, 0.2) is 5.78 Å². The predicted molar refractivity (Wildman–Crippen MR) is 50.5 cm³/mol. The molecule has 0 aromatic carbocycles. The van der Waals surface area contributed by atoms with E-state index in [2.05, 4.69) is 11.6 Å².